The molecule has 1 aliphatic heterocycles. The number of hydrogen-bond donors (Lipinski definition) is 1. The van der Waals surface area contributed by atoms with Crippen LogP contribution in [0, 0.1) is 5.41 Å². The highest BCUT2D eigenvalue weighted by Gasteiger charge is 2.46. The van der Waals surface area contributed by atoms with Gasteiger partial charge in [-0.3, -0.25) is 9.88 Å². The van der Waals surface area contributed by atoms with Crippen LogP contribution in [0.25, 0.3) is 0 Å². The van der Waals surface area contributed by atoms with E-state index in [1.54, 1.807) is 6.20 Å². The first kappa shape index (κ1) is 16.2. The Bertz CT molecular complexity index is 634. The first-order valence-corrected chi connectivity index (χ1v) is 9.90. The molecule has 0 unspecified atom stereocenters. The molecule has 3 rings (SSSR count). The Balaban J connectivity index is 1.48. The highest BCUT2D eigenvalue weighted by atomic mass is 35.5. The van der Waals surface area contributed by atoms with E-state index in [9.17, 15) is 8.42 Å². The van der Waals surface area contributed by atoms with Crippen LogP contribution in [-0.2, 0) is 16.6 Å². The number of pyridine rings is 1. The number of hydrogen-bond acceptors (Lipinski definition) is 4. The quantitative estimate of drug-likeness (QED) is 0.908. The standard InChI is InChI=1S/C15H22ClN3O2S/c1-22(20,21)18-14-7-15(8-14)2-4-19(5-3-15)11-12-6-13(16)10-17-9-12/h6,9-10,14,18H,2-5,7-8,11H2,1H3. The molecule has 2 fully saturated rings. The van der Waals surface area contributed by atoms with Crippen LogP contribution in [0.3, 0.4) is 0 Å². The molecular formula is C15H22ClN3O2S. The molecule has 7 heteroatoms. The number of nitrogens with zero attached hydrogens (tertiary/aromatic N) is 2. The van der Waals surface area contributed by atoms with Crippen molar-refractivity contribution in [3.63, 3.8) is 0 Å². The Kier molecular flexibility index (Phi) is 4.47. The second kappa shape index (κ2) is 6.07. The predicted molar refractivity (Wildman–Crippen MR) is 87.2 cm³/mol. The molecule has 1 aromatic rings. The van der Waals surface area contributed by atoms with Crippen molar-refractivity contribution in [2.24, 2.45) is 5.41 Å². The second-order valence-corrected chi connectivity index (χ2v) is 9.00. The molecule has 0 amide bonds. The van der Waals surface area contributed by atoms with Crippen LogP contribution >= 0.6 is 11.6 Å². The van der Waals surface area contributed by atoms with Crippen molar-refractivity contribution in [3.8, 4) is 0 Å². The molecule has 0 bridgehead atoms. The number of halogens is 1. The molecule has 0 atom stereocenters. The third-order valence-electron chi connectivity index (χ3n) is 4.82. The molecular weight excluding hydrogens is 322 g/mol. The molecule has 2 aliphatic rings. The van der Waals surface area contributed by atoms with Crippen molar-refractivity contribution in [3.05, 3.63) is 29.0 Å². The number of aromatic nitrogens is 1. The maximum atomic E-state index is 11.3. The predicted octanol–water partition coefficient (Wildman–Crippen LogP) is 2.03. The van der Waals surface area contributed by atoms with Gasteiger partial charge in [0.05, 0.1) is 11.3 Å². The lowest BCUT2D eigenvalue weighted by atomic mass is 9.60. The summed E-state index contributed by atoms with van der Waals surface area (Å²) >= 11 is 5.97. The Labute approximate surface area is 137 Å². The lowest BCUT2D eigenvalue weighted by molar-refractivity contribution is 0.0106. The SMILES string of the molecule is CS(=O)(=O)NC1CC2(CCN(Cc3cncc(Cl)c3)CC2)C1. The van der Waals surface area contributed by atoms with E-state index < -0.39 is 10.0 Å². The van der Waals surface area contributed by atoms with Crippen molar-refractivity contribution < 1.29 is 8.42 Å². The van der Waals surface area contributed by atoms with E-state index in [0.717, 1.165) is 50.9 Å². The zero-order chi connectivity index (χ0) is 15.8. The molecule has 1 saturated carbocycles. The van der Waals surface area contributed by atoms with E-state index in [4.69, 9.17) is 11.6 Å². The molecule has 0 radical (unpaired) electrons. The van der Waals surface area contributed by atoms with Gasteiger partial charge in [0.15, 0.2) is 0 Å². The topological polar surface area (TPSA) is 62.3 Å². The summed E-state index contributed by atoms with van der Waals surface area (Å²) in [5.74, 6) is 0. The van der Waals surface area contributed by atoms with Crippen molar-refractivity contribution in [1.29, 1.82) is 0 Å². The molecule has 122 valence electrons. The van der Waals surface area contributed by atoms with E-state index >= 15 is 0 Å². The molecule has 0 aromatic carbocycles. The van der Waals surface area contributed by atoms with Crippen molar-refractivity contribution in [1.82, 2.24) is 14.6 Å². The van der Waals surface area contributed by atoms with Gasteiger partial charge in [0, 0.05) is 25.0 Å². The zero-order valence-corrected chi connectivity index (χ0v) is 14.3. The monoisotopic (exact) mass is 343 g/mol. The van der Waals surface area contributed by atoms with Crippen LogP contribution in [0.2, 0.25) is 5.02 Å². The Hall–Kier alpha value is -0.690. The van der Waals surface area contributed by atoms with Gasteiger partial charge in [-0.25, -0.2) is 13.1 Å². The third-order valence-corrected chi connectivity index (χ3v) is 5.79. The van der Waals surface area contributed by atoms with E-state index in [1.165, 1.54) is 6.26 Å². The average molecular weight is 344 g/mol. The first-order valence-electron chi connectivity index (χ1n) is 7.63. The Morgan fingerprint density at radius 1 is 1.36 bits per heavy atom. The Morgan fingerprint density at radius 2 is 2.05 bits per heavy atom. The minimum absolute atomic E-state index is 0.138. The summed E-state index contributed by atoms with van der Waals surface area (Å²) in [6.07, 6.45) is 9.00. The number of rotatable bonds is 4. The van der Waals surface area contributed by atoms with Crippen molar-refractivity contribution in [2.75, 3.05) is 19.3 Å². The molecule has 22 heavy (non-hydrogen) atoms. The van der Waals surface area contributed by atoms with Gasteiger partial charge in [-0.05, 0) is 55.8 Å². The number of piperidine rings is 1. The summed E-state index contributed by atoms with van der Waals surface area (Å²) in [5.41, 5.74) is 1.50. The van der Waals surface area contributed by atoms with Gasteiger partial charge in [0.2, 0.25) is 10.0 Å². The van der Waals surface area contributed by atoms with Gasteiger partial charge in [0.1, 0.15) is 0 Å². The lowest BCUT2D eigenvalue weighted by Gasteiger charge is -2.52. The maximum Gasteiger partial charge on any atom is 0.208 e. The highest BCUT2D eigenvalue weighted by Crippen LogP contribution is 2.49. The van der Waals surface area contributed by atoms with Crippen LogP contribution in [0.1, 0.15) is 31.2 Å². The summed E-state index contributed by atoms with van der Waals surface area (Å²) in [5, 5.41) is 0.680. The fraction of sp³-hybridized carbons (Fsp3) is 0.667. The minimum Gasteiger partial charge on any atom is -0.299 e. The van der Waals surface area contributed by atoms with E-state index in [-0.39, 0.29) is 6.04 Å². The summed E-state index contributed by atoms with van der Waals surface area (Å²) in [6.45, 7) is 2.99. The van der Waals surface area contributed by atoms with Crippen molar-refractivity contribution >= 4 is 21.6 Å². The van der Waals surface area contributed by atoms with Crippen LogP contribution in [0.5, 0.6) is 0 Å². The second-order valence-electron chi connectivity index (χ2n) is 6.78. The number of nitrogens with one attached hydrogen (secondary N) is 1. The number of likely N-dealkylation sites (tertiary alicyclic amines) is 1. The largest absolute Gasteiger partial charge is 0.299 e. The van der Waals surface area contributed by atoms with E-state index in [0.29, 0.717) is 10.4 Å². The van der Waals surface area contributed by atoms with Gasteiger partial charge >= 0.3 is 0 Å². The van der Waals surface area contributed by atoms with Gasteiger partial charge in [-0.2, -0.15) is 0 Å². The fourth-order valence-electron chi connectivity index (χ4n) is 3.77. The first-order chi connectivity index (χ1) is 10.3. The Morgan fingerprint density at radius 3 is 2.64 bits per heavy atom. The summed E-state index contributed by atoms with van der Waals surface area (Å²) < 4.78 is 25.2. The molecule has 1 aromatic heterocycles. The van der Waals surface area contributed by atoms with Crippen molar-refractivity contribution in [2.45, 2.75) is 38.3 Å². The minimum atomic E-state index is -3.07. The summed E-state index contributed by atoms with van der Waals surface area (Å²) in [7, 11) is -3.07. The van der Waals surface area contributed by atoms with Gasteiger partial charge < -0.3 is 0 Å². The average Bonchev–Trinajstić information content (AvgIpc) is 2.38. The highest BCUT2D eigenvalue weighted by molar-refractivity contribution is 7.88. The van der Waals surface area contributed by atoms with Crippen LogP contribution < -0.4 is 4.72 Å². The molecule has 1 saturated heterocycles. The van der Waals surface area contributed by atoms with Gasteiger partial charge in [-0.1, -0.05) is 11.6 Å². The van der Waals surface area contributed by atoms with Gasteiger partial charge in [0.25, 0.3) is 0 Å². The van der Waals surface area contributed by atoms with Crippen LogP contribution in [-0.4, -0.2) is 43.7 Å². The normalized spacial score (nSPS) is 22.6. The van der Waals surface area contributed by atoms with E-state index in [2.05, 4.69) is 14.6 Å². The zero-order valence-electron chi connectivity index (χ0n) is 12.8. The van der Waals surface area contributed by atoms with Crippen LogP contribution in [0.15, 0.2) is 18.5 Å². The number of sulfonamides is 1. The lowest BCUT2D eigenvalue weighted by Crippen LogP contribution is -2.54. The summed E-state index contributed by atoms with van der Waals surface area (Å²) in [6, 6.07) is 2.10. The third kappa shape index (κ3) is 3.98. The molecule has 1 N–H and O–H groups in total. The molecule has 1 spiro atoms. The summed E-state index contributed by atoms with van der Waals surface area (Å²) in [4.78, 5) is 6.55. The molecule has 2 heterocycles. The smallest absolute Gasteiger partial charge is 0.208 e. The maximum absolute atomic E-state index is 11.3. The van der Waals surface area contributed by atoms with E-state index in [1.807, 2.05) is 12.3 Å². The fourth-order valence-corrected chi connectivity index (χ4v) is 4.73. The molecule has 1 aliphatic carbocycles. The molecule has 5 nitrogen and oxygen atoms in total. The van der Waals surface area contributed by atoms with Gasteiger partial charge in [-0.15, -0.1) is 0 Å². The van der Waals surface area contributed by atoms with Crippen LogP contribution in [0.4, 0.5) is 0 Å².